The summed E-state index contributed by atoms with van der Waals surface area (Å²) in [6.45, 7) is 1.90. The summed E-state index contributed by atoms with van der Waals surface area (Å²) >= 11 is 3.36. The monoisotopic (exact) mass is 550 g/mol. The summed E-state index contributed by atoms with van der Waals surface area (Å²) in [5.74, 6) is -2.75. The molecule has 1 aliphatic rings. The molecule has 1 aliphatic heterocycles. The van der Waals surface area contributed by atoms with E-state index in [4.69, 9.17) is 4.74 Å². The molecule has 1 fully saturated rings. The maximum absolute atomic E-state index is 13.2. The zero-order valence-corrected chi connectivity index (χ0v) is 20.5. The second-order valence-electron chi connectivity index (χ2n) is 7.79. The van der Waals surface area contributed by atoms with Gasteiger partial charge in [0.25, 0.3) is 17.4 Å². The van der Waals surface area contributed by atoms with Gasteiger partial charge in [-0.05, 0) is 61.0 Å². The molecule has 0 bridgehead atoms. The third kappa shape index (κ3) is 4.63. The number of nitro groups is 1. The Morgan fingerprint density at radius 1 is 1.00 bits per heavy atom. The first-order chi connectivity index (χ1) is 17.2. The highest BCUT2D eigenvalue weighted by Gasteiger charge is 2.47. The molecule has 1 amide bonds. The van der Waals surface area contributed by atoms with Crippen molar-refractivity contribution >= 4 is 50.7 Å². The molecular formula is C26H19BrN2O7. The van der Waals surface area contributed by atoms with Crippen LogP contribution in [0.25, 0.3) is 5.76 Å². The van der Waals surface area contributed by atoms with Gasteiger partial charge in [-0.2, -0.15) is 0 Å². The molecule has 0 aromatic heterocycles. The summed E-state index contributed by atoms with van der Waals surface area (Å²) in [5, 5.41) is 22.1. The maximum Gasteiger partial charge on any atom is 0.338 e. The number of Topliss-reactive ketones (excluding diaryl/α,β-unsaturated/α-hetero) is 1. The molecule has 3 aromatic carbocycles. The van der Waals surface area contributed by atoms with E-state index < -0.39 is 34.4 Å². The van der Waals surface area contributed by atoms with Crippen LogP contribution >= 0.6 is 15.9 Å². The molecule has 3 aromatic rings. The molecule has 1 unspecified atom stereocenters. The minimum atomic E-state index is -0.985. The van der Waals surface area contributed by atoms with E-state index in [1.54, 1.807) is 31.2 Å². The van der Waals surface area contributed by atoms with Gasteiger partial charge in [-0.25, -0.2) is 4.79 Å². The predicted molar refractivity (Wildman–Crippen MR) is 134 cm³/mol. The van der Waals surface area contributed by atoms with Gasteiger partial charge in [-0.1, -0.05) is 28.1 Å². The molecule has 0 radical (unpaired) electrons. The summed E-state index contributed by atoms with van der Waals surface area (Å²) in [6, 6.07) is 17.0. The van der Waals surface area contributed by atoms with Crippen molar-refractivity contribution in [2.24, 2.45) is 0 Å². The maximum atomic E-state index is 13.2. The second kappa shape index (κ2) is 10.1. The molecule has 10 heteroatoms. The van der Waals surface area contributed by atoms with Crippen molar-refractivity contribution in [3.63, 3.8) is 0 Å². The molecule has 182 valence electrons. The zero-order chi connectivity index (χ0) is 26.0. The second-order valence-corrected chi connectivity index (χ2v) is 8.71. The van der Waals surface area contributed by atoms with E-state index in [0.717, 1.165) is 4.47 Å². The first-order valence-electron chi connectivity index (χ1n) is 10.8. The van der Waals surface area contributed by atoms with Crippen molar-refractivity contribution in [2.45, 2.75) is 13.0 Å². The van der Waals surface area contributed by atoms with Gasteiger partial charge >= 0.3 is 5.97 Å². The fourth-order valence-electron chi connectivity index (χ4n) is 3.93. The third-order valence-corrected chi connectivity index (χ3v) is 6.17. The van der Waals surface area contributed by atoms with E-state index in [2.05, 4.69) is 15.9 Å². The summed E-state index contributed by atoms with van der Waals surface area (Å²) in [7, 11) is 0. The summed E-state index contributed by atoms with van der Waals surface area (Å²) in [5.41, 5.74) is 0.974. The van der Waals surface area contributed by atoms with Crippen molar-refractivity contribution in [3.8, 4) is 0 Å². The zero-order valence-electron chi connectivity index (χ0n) is 18.9. The molecule has 36 heavy (non-hydrogen) atoms. The number of ketones is 1. The van der Waals surface area contributed by atoms with E-state index >= 15 is 0 Å². The number of aliphatic hydroxyl groups is 1. The Labute approximate surface area is 213 Å². The first-order valence-corrected chi connectivity index (χ1v) is 11.6. The first kappa shape index (κ1) is 24.8. The number of nitrogens with zero attached hydrogens (tertiary/aromatic N) is 2. The molecule has 9 nitrogen and oxygen atoms in total. The summed E-state index contributed by atoms with van der Waals surface area (Å²) in [6.07, 6.45) is 0. The Morgan fingerprint density at radius 2 is 1.58 bits per heavy atom. The van der Waals surface area contributed by atoms with Gasteiger partial charge < -0.3 is 9.84 Å². The number of amides is 1. The normalized spacial score (nSPS) is 16.7. The Hall–Kier alpha value is -4.31. The molecule has 1 N–H and O–H groups in total. The van der Waals surface area contributed by atoms with Gasteiger partial charge in [0.05, 0.1) is 28.7 Å². The van der Waals surface area contributed by atoms with Gasteiger partial charge in [0, 0.05) is 27.9 Å². The number of halogens is 1. The minimum absolute atomic E-state index is 0.151. The molecule has 4 rings (SSSR count). The van der Waals surface area contributed by atoms with Crippen molar-refractivity contribution < 1.29 is 29.2 Å². The van der Waals surface area contributed by atoms with Crippen molar-refractivity contribution in [1.29, 1.82) is 0 Å². The number of anilines is 1. The van der Waals surface area contributed by atoms with E-state index in [9.17, 15) is 29.6 Å². The smallest absolute Gasteiger partial charge is 0.338 e. The Kier molecular flexibility index (Phi) is 6.98. The Balaban J connectivity index is 1.84. The standard InChI is InChI=1S/C26H19BrN2O7/c1-2-36-26(33)17-7-11-19(12-8-17)28-22(15-3-9-18(27)10-4-15)21(24(31)25(28)32)23(30)16-5-13-20(14-6-16)29(34)35/h3-14,22,30H,2H2,1H3/b23-21-. The van der Waals surface area contributed by atoms with Crippen LogP contribution < -0.4 is 4.90 Å². The number of rotatable bonds is 6. The predicted octanol–water partition coefficient (Wildman–Crippen LogP) is 5.16. The highest BCUT2D eigenvalue weighted by atomic mass is 79.9. The molecular weight excluding hydrogens is 532 g/mol. The van der Waals surface area contributed by atoms with E-state index in [1.165, 1.54) is 53.4 Å². The van der Waals surface area contributed by atoms with Crippen LogP contribution in [-0.2, 0) is 14.3 Å². The van der Waals surface area contributed by atoms with Crippen LogP contribution in [0.2, 0.25) is 0 Å². The number of carbonyl (C=O) groups is 3. The largest absolute Gasteiger partial charge is 0.507 e. The van der Waals surface area contributed by atoms with Gasteiger partial charge in [-0.15, -0.1) is 0 Å². The SMILES string of the molecule is CCOC(=O)c1ccc(N2C(=O)C(=O)/C(=C(\O)c3ccc([N+](=O)[O-])cc3)C2c2ccc(Br)cc2)cc1. The van der Waals surface area contributed by atoms with Crippen LogP contribution in [0.1, 0.15) is 34.5 Å². The molecule has 0 saturated carbocycles. The quantitative estimate of drug-likeness (QED) is 0.112. The molecule has 1 heterocycles. The number of esters is 1. The molecule has 0 aliphatic carbocycles. The van der Waals surface area contributed by atoms with E-state index in [-0.39, 0.29) is 29.0 Å². The number of aliphatic hydroxyl groups excluding tert-OH is 1. The lowest BCUT2D eigenvalue weighted by Crippen LogP contribution is -2.29. The third-order valence-electron chi connectivity index (χ3n) is 5.64. The topological polar surface area (TPSA) is 127 Å². The average Bonchev–Trinajstić information content (AvgIpc) is 3.14. The van der Waals surface area contributed by atoms with Crippen LogP contribution in [-0.4, -0.2) is 34.3 Å². The number of ether oxygens (including phenoxy) is 1. The lowest BCUT2D eigenvalue weighted by atomic mass is 9.95. The van der Waals surface area contributed by atoms with Crippen LogP contribution in [0.4, 0.5) is 11.4 Å². The molecule has 0 spiro atoms. The summed E-state index contributed by atoms with van der Waals surface area (Å²) in [4.78, 5) is 50.1. The average molecular weight is 551 g/mol. The number of benzene rings is 3. The van der Waals surface area contributed by atoms with E-state index in [1.807, 2.05) is 0 Å². The molecule has 1 atom stereocenters. The summed E-state index contributed by atoms with van der Waals surface area (Å²) < 4.78 is 5.77. The number of hydrogen-bond donors (Lipinski definition) is 1. The lowest BCUT2D eigenvalue weighted by molar-refractivity contribution is -0.384. The van der Waals surface area contributed by atoms with Crippen molar-refractivity contribution in [1.82, 2.24) is 0 Å². The molecule has 1 saturated heterocycles. The number of hydrogen-bond acceptors (Lipinski definition) is 7. The van der Waals surface area contributed by atoms with Crippen molar-refractivity contribution in [2.75, 3.05) is 11.5 Å². The fraction of sp³-hybridized carbons (Fsp3) is 0.115. The van der Waals surface area contributed by atoms with E-state index in [0.29, 0.717) is 11.3 Å². The number of nitro benzene ring substituents is 1. The Morgan fingerprint density at radius 3 is 2.14 bits per heavy atom. The van der Waals surface area contributed by atoms with Crippen LogP contribution in [0.3, 0.4) is 0 Å². The fourth-order valence-corrected chi connectivity index (χ4v) is 4.19. The van der Waals surface area contributed by atoms with Crippen LogP contribution in [0, 0.1) is 10.1 Å². The van der Waals surface area contributed by atoms with Gasteiger partial charge in [-0.3, -0.25) is 24.6 Å². The van der Waals surface area contributed by atoms with Crippen LogP contribution in [0.5, 0.6) is 0 Å². The number of carbonyl (C=O) groups excluding carboxylic acids is 3. The van der Waals surface area contributed by atoms with Gasteiger partial charge in [0.2, 0.25) is 0 Å². The van der Waals surface area contributed by atoms with Crippen molar-refractivity contribution in [3.05, 3.63) is 110 Å². The minimum Gasteiger partial charge on any atom is -0.507 e. The van der Waals surface area contributed by atoms with Gasteiger partial charge in [0.1, 0.15) is 5.76 Å². The van der Waals surface area contributed by atoms with Gasteiger partial charge in [0.15, 0.2) is 0 Å². The Bertz CT molecular complexity index is 1380. The highest BCUT2D eigenvalue weighted by Crippen LogP contribution is 2.42. The highest BCUT2D eigenvalue weighted by molar-refractivity contribution is 9.10. The number of non-ortho nitro benzene ring substituents is 1. The van der Waals surface area contributed by atoms with Crippen LogP contribution in [0.15, 0.2) is 82.8 Å². The lowest BCUT2D eigenvalue weighted by Gasteiger charge is -2.25.